The van der Waals surface area contributed by atoms with Crippen LogP contribution in [-0.4, -0.2) is 40.0 Å². The number of imidazole rings is 1. The summed E-state index contributed by atoms with van der Waals surface area (Å²) in [7, 11) is 0. The molecular formula is C25H32N4O. The molecule has 1 amide bonds. The average molecular weight is 405 g/mol. The number of piperidine rings is 1. The molecule has 5 heteroatoms. The van der Waals surface area contributed by atoms with E-state index in [2.05, 4.69) is 65.0 Å². The van der Waals surface area contributed by atoms with Crippen LogP contribution in [0.2, 0.25) is 0 Å². The SMILES string of the molecule is CC(C)n1c([C@@H](C)NC(=O)CN2CCC(c3ccccc3)CC2)nc2ccccc21. The maximum absolute atomic E-state index is 12.8. The van der Waals surface area contributed by atoms with E-state index in [1.165, 1.54) is 5.56 Å². The third kappa shape index (κ3) is 4.41. The highest BCUT2D eigenvalue weighted by Gasteiger charge is 2.24. The van der Waals surface area contributed by atoms with E-state index in [0.717, 1.165) is 42.8 Å². The summed E-state index contributed by atoms with van der Waals surface area (Å²) >= 11 is 0. The quantitative estimate of drug-likeness (QED) is 0.649. The number of carbonyl (C=O) groups is 1. The average Bonchev–Trinajstić information content (AvgIpc) is 3.15. The summed E-state index contributed by atoms with van der Waals surface area (Å²) in [5, 5.41) is 3.18. The lowest BCUT2D eigenvalue weighted by molar-refractivity contribution is -0.123. The van der Waals surface area contributed by atoms with E-state index in [0.29, 0.717) is 12.5 Å². The van der Waals surface area contributed by atoms with Gasteiger partial charge in [-0.1, -0.05) is 42.5 Å². The molecule has 2 aromatic carbocycles. The topological polar surface area (TPSA) is 50.2 Å². The van der Waals surface area contributed by atoms with Crippen LogP contribution in [0, 0.1) is 0 Å². The van der Waals surface area contributed by atoms with E-state index >= 15 is 0 Å². The first-order chi connectivity index (χ1) is 14.5. The molecule has 0 aliphatic carbocycles. The second-order valence-electron chi connectivity index (χ2n) is 8.67. The zero-order valence-electron chi connectivity index (χ0n) is 18.2. The van der Waals surface area contributed by atoms with Crippen LogP contribution >= 0.6 is 0 Å². The lowest BCUT2D eigenvalue weighted by Crippen LogP contribution is -2.42. The van der Waals surface area contributed by atoms with Gasteiger partial charge in [-0.2, -0.15) is 0 Å². The predicted octanol–water partition coefficient (Wildman–Crippen LogP) is 4.67. The number of para-hydroxylation sites is 2. The van der Waals surface area contributed by atoms with Gasteiger partial charge < -0.3 is 9.88 Å². The van der Waals surface area contributed by atoms with Crippen LogP contribution in [0.3, 0.4) is 0 Å². The molecule has 3 aromatic rings. The Kier molecular flexibility index (Phi) is 6.18. The van der Waals surface area contributed by atoms with E-state index in [1.807, 2.05) is 25.1 Å². The fraction of sp³-hybridized carbons (Fsp3) is 0.440. The number of nitrogens with one attached hydrogen (secondary N) is 1. The van der Waals surface area contributed by atoms with E-state index < -0.39 is 0 Å². The molecule has 0 saturated carbocycles. The molecule has 0 radical (unpaired) electrons. The lowest BCUT2D eigenvalue weighted by Gasteiger charge is -2.32. The van der Waals surface area contributed by atoms with E-state index in [-0.39, 0.29) is 18.0 Å². The second-order valence-corrected chi connectivity index (χ2v) is 8.67. The van der Waals surface area contributed by atoms with Gasteiger partial charge in [0, 0.05) is 6.04 Å². The number of aromatic nitrogens is 2. The Hall–Kier alpha value is -2.66. The van der Waals surface area contributed by atoms with Gasteiger partial charge in [0.05, 0.1) is 23.6 Å². The Morgan fingerprint density at radius 2 is 1.70 bits per heavy atom. The van der Waals surface area contributed by atoms with Gasteiger partial charge in [-0.15, -0.1) is 0 Å². The van der Waals surface area contributed by atoms with Gasteiger partial charge in [-0.05, 0) is 70.3 Å². The summed E-state index contributed by atoms with van der Waals surface area (Å²) in [6.07, 6.45) is 2.21. The number of carbonyl (C=O) groups excluding carboxylic acids is 1. The van der Waals surface area contributed by atoms with E-state index in [4.69, 9.17) is 4.98 Å². The van der Waals surface area contributed by atoms with Crippen LogP contribution < -0.4 is 5.32 Å². The van der Waals surface area contributed by atoms with Crippen molar-refractivity contribution in [1.29, 1.82) is 0 Å². The minimum Gasteiger partial charge on any atom is -0.345 e. The zero-order chi connectivity index (χ0) is 21.1. The van der Waals surface area contributed by atoms with Crippen molar-refractivity contribution >= 4 is 16.9 Å². The Bertz CT molecular complexity index is 987. The van der Waals surface area contributed by atoms with Crippen molar-refractivity contribution in [1.82, 2.24) is 19.8 Å². The van der Waals surface area contributed by atoms with Crippen LogP contribution in [0.1, 0.15) is 63.0 Å². The molecule has 0 spiro atoms. The number of hydrogen-bond donors (Lipinski definition) is 1. The normalized spacial score (nSPS) is 16.8. The van der Waals surface area contributed by atoms with Gasteiger partial charge in [0.15, 0.2) is 0 Å². The monoisotopic (exact) mass is 404 g/mol. The molecule has 1 aromatic heterocycles. The van der Waals surface area contributed by atoms with Gasteiger partial charge in [0.2, 0.25) is 5.91 Å². The van der Waals surface area contributed by atoms with Gasteiger partial charge in [0.1, 0.15) is 5.82 Å². The lowest BCUT2D eigenvalue weighted by atomic mass is 9.89. The maximum atomic E-state index is 12.8. The Labute approximate surface area is 179 Å². The summed E-state index contributed by atoms with van der Waals surface area (Å²) in [6.45, 7) is 8.72. The summed E-state index contributed by atoms with van der Waals surface area (Å²) in [4.78, 5) is 19.8. The van der Waals surface area contributed by atoms with Crippen LogP contribution in [-0.2, 0) is 4.79 Å². The summed E-state index contributed by atoms with van der Waals surface area (Å²) < 4.78 is 2.23. The molecule has 158 valence electrons. The highest BCUT2D eigenvalue weighted by atomic mass is 16.2. The van der Waals surface area contributed by atoms with Crippen molar-refractivity contribution in [3.8, 4) is 0 Å². The minimum atomic E-state index is -0.130. The molecule has 2 heterocycles. The third-order valence-corrected chi connectivity index (χ3v) is 6.13. The van der Waals surface area contributed by atoms with Crippen molar-refractivity contribution < 1.29 is 4.79 Å². The van der Waals surface area contributed by atoms with Gasteiger partial charge in [-0.3, -0.25) is 9.69 Å². The fourth-order valence-electron chi connectivity index (χ4n) is 4.62. The van der Waals surface area contributed by atoms with Crippen molar-refractivity contribution in [2.24, 2.45) is 0 Å². The molecule has 1 N–H and O–H groups in total. The molecule has 1 fully saturated rings. The molecule has 5 nitrogen and oxygen atoms in total. The summed E-state index contributed by atoms with van der Waals surface area (Å²) in [6, 6.07) is 19.0. The first-order valence-corrected chi connectivity index (χ1v) is 11.1. The molecule has 4 rings (SSSR count). The largest absolute Gasteiger partial charge is 0.345 e. The first kappa shape index (κ1) is 20.6. The van der Waals surface area contributed by atoms with Crippen LogP contribution in [0.5, 0.6) is 0 Å². The van der Waals surface area contributed by atoms with Gasteiger partial charge in [-0.25, -0.2) is 4.98 Å². The van der Waals surface area contributed by atoms with E-state index in [9.17, 15) is 4.79 Å². The molecule has 1 aliphatic rings. The number of likely N-dealkylation sites (tertiary alicyclic amines) is 1. The molecule has 1 aliphatic heterocycles. The highest BCUT2D eigenvalue weighted by Crippen LogP contribution is 2.28. The third-order valence-electron chi connectivity index (χ3n) is 6.13. The summed E-state index contributed by atoms with van der Waals surface area (Å²) in [5.41, 5.74) is 3.51. The van der Waals surface area contributed by atoms with Gasteiger partial charge in [0.25, 0.3) is 0 Å². The van der Waals surface area contributed by atoms with Crippen molar-refractivity contribution in [2.45, 2.75) is 51.6 Å². The summed E-state index contributed by atoms with van der Waals surface area (Å²) in [5.74, 6) is 1.60. The molecular weight excluding hydrogens is 372 g/mol. The molecule has 0 unspecified atom stereocenters. The second kappa shape index (κ2) is 9.00. The number of rotatable bonds is 6. The fourth-order valence-corrected chi connectivity index (χ4v) is 4.62. The molecule has 1 atom stereocenters. The molecule has 30 heavy (non-hydrogen) atoms. The number of hydrogen-bond acceptors (Lipinski definition) is 3. The molecule has 0 bridgehead atoms. The Balaban J connectivity index is 1.36. The van der Waals surface area contributed by atoms with Crippen LogP contribution in [0.4, 0.5) is 0 Å². The van der Waals surface area contributed by atoms with Crippen molar-refractivity contribution in [3.63, 3.8) is 0 Å². The number of fused-ring (bicyclic) bond motifs is 1. The number of nitrogens with zero attached hydrogens (tertiary/aromatic N) is 3. The zero-order valence-corrected chi connectivity index (χ0v) is 18.2. The van der Waals surface area contributed by atoms with Gasteiger partial charge >= 0.3 is 0 Å². The Morgan fingerprint density at radius 1 is 1.03 bits per heavy atom. The standard InChI is InChI=1S/C25H32N4O/c1-18(2)29-23-12-8-7-11-22(23)27-25(29)19(3)26-24(30)17-28-15-13-21(14-16-28)20-9-5-4-6-10-20/h4-12,18-19,21H,13-17H2,1-3H3,(H,26,30)/t19-/m1/s1. The van der Waals surface area contributed by atoms with E-state index in [1.54, 1.807) is 0 Å². The number of amides is 1. The first-order valence-electron chi connectivity index (χ1n) is 11.1. The van der Waals surface area contributed by atoms with Crippen LogP contribution in [0.25, 0.3) is 11.0 Å². The molecule has 1 saturated heterocycles. The smallest absolute Gasteiger partial charge is 0.234 e. The Morgan fingerprint density at radius 3 is 2.40 bits per heavy atom. The predicted molar refractivity (Wildman–Crippen MR) is 122 cm³/mol. The highest BCUT2D eigenvalue weighted by molar-refractivity contribution is 5.79. The van der Waals surface area contributed by atoms with Crippen molar-refractivity contribution in [3.05, 3.63) is 66.0 Å². The van der Waals surface area contributed by atoms with Crippen molar-refractivity contribution in [2.75, 3.05) is 19.6 Å². The van der Waals surface area contributed by atoms with Crippen LogP contribution in [0.15, 0.2) is 54.6 Å². The minimum absolute atomic E-state index is 0.0722. The maximum Gasteiger partial charge on any atom is 0.234 e. The number of benzene rings is 2.